The van der Waals surface area contributed by atoms with E-state index in [2.05, 4.69) is 33.0 Å². The van der Waals surface area contributed by atoms with Crippen molar-refractivity contribution in [2.75, 3.05) is 0 Å². The van der Waals surface area contributed by atoms with Crippen LogP contribution in [0.1, 0.15) is 45.2 Å². The fourth-order valence-corrected chi connectivity index (χ4v) is 1.78. The first-order valence-corrected chi connectivity index (χ1v) is 7.26. The van der Waals surface area contributed by atoms with E-state index in [9.17, 15) is 4.79 Å². The zero-order valence-electron chi connectivity index (χ0n) is 12.7. The van der Waals surface area contributed by atoms with E-state index in [1.54, 1.807) is 0 Å². The molecule has 0 fully saturated rings. The average Bonchev–Trinajstić information content (AvgIpc) is 2.35. The van der Waals surface area contributed by atoms with Gasteiger partial charge in [-0.2, -0.15) is 0 Å². The van der Waals surface area contributed by atoms with Crippen LogP contribution in [0.2, 0.25) is 0 Å². The molecule has 110 valence electrons. The molecule has 0 radical (unpaired) electrons. The largest absolute Gasteiger partial charge is 0.389 e. The van der Waals surface area contributed by atoms with Crippen LogP contribution >= 0.6 is 12.2 Å². The van der Waals surface area contributed by atoms with E-state index in [0.717, 1.165) is 11.1 Å². The molecule has 3 N–H and O–H groups in total. The van der Waals surface area contributed by atoms with Gasteiger partial charge in [-0.15, -0.1) is 0 Å². The standard InChI is InChI=1S/C16H24N2OS/c1-11(16(2,3)4)9-14(19)18-10-12-5-7-13(8-6-12)15(17)20/h5-8,11H,9-10H2,1-4H3,(H2,17,20)(H,18,19). The van der Waals surface area contributed by atoms with Crippen LogP contribution in [0.3, 0.4) is 0 Å². The van der Waals surface area contributed by atoms with Gasteiger partial charge in [0.1, 0.15) is 4.99 Å². The lowest BCUT2D eigenvalue weighted by molar-refractivity contribution is -0.122. The Morgan fingerprint density at radius 3 is 2.30 bits per heavy atom. The van der Waals surface area contributed by atoms with Crippen LogP contribution in [0.15, 0.2) is 24.3 Å². The van der Waals surface area contributed by atoms with E-state index in [-0.39, 0.29) is 11.3 Å². The maximum Gasteiger partial charge on any atom is 0.220 e. The lowest BCUT2D eigenvalue weighted by atomic mass is 9.80. The van der Waals surface area contributed by atoms with Crippen molar-refractivity contribution in [3.05, 3.63) is 35.4 Å². The molecule has 1 atom stereocenters. The highest BCUT2D eigenvalue weighted by atomic mass is 32.1. The number of hydrogen-bond acceptors (Lipinski definition) is 2. The minimum Gasteiger partial charge on any atom is -0.389 e. The van der Waals surface area contributed by atoms with Gasteiger partial charge >= 0.3 is 0 Å². The SMILES string of the molecule is CC(CC(=O)NCc1ccc(C(N)=S)cc1)C(C)(C)C. The van der Waals surface area contributed by atoms with Crippen LogP contribution in [-0.2, 0) is 11.3 Å². The molecule has 0 aliphatic carbocycles. The average molecular weight is 292 g/mol. The van der Waals surface area contributed by atoms with Gasteiger partial charge < -0.3 is 11.1 Å². The molecule has 0 aliphatic rings. The van der Waals surface area contributed by atoms with E-state index < -0.39 is 0 Å². The quantitative estimate of drug-likeness (QED) is 0.820. The van der Waals surface area contributed by atoms with Gasteiger partial charge in [0.25, 0.3) is 0 Å². The molecule has 1 rings (SSSR count). The highest BCUT2D eigenvalue weighted by molar-refractivity contribution is 7.80. The van der Waals surface area contributed by atoms with Gasteiger partial charge in [0, 0.05) is 18.5 Å². The number of benzene rings is 1. The smallest absolute Gasteiger partial charge is 0.220 e. The number of carbonyl (C=O) groups excluding carboxylic acids is 1. The summed E-state index contributed by atoms with van der Waals surface area (Å²) in [4.78, 5) is 12.3. The Morgan fingerprint density at radius 2 is 1.85 bits per heavy atom. The van der Waals surface area contributed by atoms with Crippen LogP contribution < -0.4 is 11.1 Å². The molecule has 0 aromatic heterocycles. The number of rotatable bonds is 5. The molecular formula is C16H24N2OS. The second kappa shape index (κ2) is 6.84. The van der Waals surface area contributed by atoms with E-state index in [0.29, 0.717) is 23.9 Å². The van der Waals surface area contributed by atoms with E-state index in [4.69, 9.17) is 18.0 Å². The predicted molar refractivity (Wildman–Crippen MR) is 87.4 cm³/mol. The van der Waals surface area contributed by atoms with Crippen molar-refractivity contribution < 1.29 is 4.79 Å². The normalized spacial score (nSPS) is 12.8. The van der Waals surface area contributed by atoms with Crippen LogP contribution in [0.4, 0.5) is 0 Å². The summed E-state index contributed by atoms with van der Waals surface area (Å²) in [6.07, 6.45) is 0.550. The Labute approximate surface area is 126 Å². The maximum absolute atomic E-state index is 11.9. The van der Waals surface area contributed by atoms with Gasteiger partial charge in [-0.3, -0.25) is 4.79 Å². The number of thiocarbonyl (C=S) groups is 1. The maximum atomic E-state index is 11.9. The van der Waals surface area contributed by atoms with Gasteiger partial charge in [-0.1, -0.05) is 64.2 Å². The fraction of sp³-hybridized carbons (Fsp3) is 0.500. The first-order chi connectivity index (χ1) is 9.20. The third-order valence-corrected chi connectivity index (χ3v) is 3.93. The number of nitrogens with two attached hydrogens (primary N) is 1. The van der Waals surface area contributed by atoms with Crippen LogP contribution in [0.25, 0.3) is 0 Å². The lowest BCUT2D eigenvalue weighted by Crippen LogP contribution is -2.28. The monoisotopic (exact) mass is 292 g/mol. The van der Waals surface area contributed by atoms with Crippen LogP contribution in [0, 0.1) is 11.3 Å². The molecule has 0 spiro atoms. The highest BCUT2D eigenvalue weighted by Gasteiger charge is 2.22. The predicted octanol–water partition coefficient (Wildman–Crippen LogP) is 3.01. The fourth-order valence-electron chi connectivity index (χ4n) is 1.64. The minimum absolute atomic E-state index is 0.0887. The molecule has 1 unspecified atom stereocenters. The number of carbonyl (C=O) groups is 1. The van der Waals surface area contributed by atoms with Crippen molar-refractivity contribution in [2.24, 2.45) is 17.1 Å². The molecule has 1 amide bonds. The first-order valence-electron chi connectivity index (χ1n) is 6.85. The molecule has 3 nitrogen and oxygen atoms in total. The zero-order valence-corrected chi connectivity index (χ0v) is 13.5. The zero-order chi connectivity index (χ0) is 15.3. The van der Waals surface area contributed by atoms with Crippen molar-refractivity contribution in [2.45, 2.75) is 40.7 Å². The molecule has 0 saturated heterocycles. The molecule has 0 heterocycles. The highest BCUT2D eigenvalue weighted by Crippen LogP contribution is 2.27. The second-order valence-electron chi connectivity index (χ2n) is 6.31. The van der Waals surface area contributed by atoms with Crippen molar-refractivity contribution >= 4 is 23.1 Å². The lowest BCUT2D eigenvalue weighted by Gasteiger charge is -2.26. The summed E-state index contributed by atoms with van der Waals surface area (Å²) in [5, 5.41) is 2.95. The Kier molecular flexibility index (Phi) is 5.69. The van der Waals surface area contributed by atoms with Gasteiger partial charge in [-0.25, -0.2) is 0 Å². The minimum atomic E-state index is 0.0887. The van der Waals surface area contributed by atoms with Crippen molar-refractivity contribution in [3.63, 3.8) is 0 Å². The number of nitrogens with one attached hydrogen (secondary N) is 1. The van der Waals surface area contributed by atoms with Crippen molar-refractivity contribution in [1.29, 1.82) is 0 Å². The van der Waals surface area contributed by atoms with Gasteiger partial charge in [0.15, 0.2) is 0 Å². The Bertz CT molecular complexity index is 474. The van der Waals surface area contributed by atoms with Gasteiger partial charge in [0.2, 0.25) is 5.91 Å². The summed E-state index contributed by atoms with van der Waals surface area (Å²) in [6.45, 7) is 9.10. The Morgan fingerprint density at radius 1 is 1.30 bits per heavy atom. The molecule has 0 bridgehead atoms. The van der Waals surface area contributed by atoms with Crippen LogP contribution in [-0.4, -0.2) is 10.9 Å². The molecule has 0 aliphatic heterocycles. The van der Waals surface area contributed by atoms with Crippen molar-refractivity contribution in [1.82, 2.24) is 5.32 Å². The summed E-state index contributed by atoms with van der Waals surface area (Å²) < 4.78 is 0. The first kappa shape index (κ1) is 16.6. The molecule has 1 aromatic carbocycles. The molecule has 20 heavy (non-hydrogen) atoms. The Hall–Kier alpha value is -1.42. The molecule has 1 aromatic rings. The summed E-state index contributed by atoms with van der Waals surface area (Å²) in [6, 6.07) is 7.62. The molecule has 0 saturated carbocycles. The third-order valence-electron chi connectivity index (χ3n) is 3.70. The molecular weight excluding hydrogens is 268 g/mol. The number of amides is 1. The Balaban J connectivity index is 2.47. The summed E-state index contributed by atoms with van der Waals surface area (Å²) >= 11 is 4.90. The van der Waals surface area contributed by atoms with Gasteiger partial charge in [0.05, 0.1) is 0 Å². The van der Waals surface area contributed by atoms with E-state index >= 15 is 0 Å². The summed E-state index contributed by atoms with van der Waals surface area (Å²) in [5.74, 6) is 0.435. The second-order valence-corrected chi connectivity index (χ2v) is 6.75. The van der Waals surface area contributed by atoms with Crippen molar-refractivity contribution in [3.8, 4) is 0 Å². The van der Waals surface area contributed by atoms with Crippen LogP contribution in [0.5, 0.6) is 0 Å². The van der Waals surface area contributed by atoms with E-state index in [1.165, 1.54) is 0 Å². The summed E-state index contributed by atoms with van der Waals surface area (Å²) in [5.41, 5.74) is 7.58. The topological polar surface area (TPSA) is 55.1 Å². The van der Waals surface area contributed by atoms with E-state index in [1.807, 2.05) is 24.3 Å². The molecule has 4 heteroatoms. The van der Waals surface area contributed by atoms with Gasteiger partial charge in [-0.05, 0) is 16.9 Å². The summed E-state index contributed by atoms with van der Waals surface area (Å²) in [7, 11) is 0. The number of hydrogen-bond donors (Lipinski definition) is 2. The third kappa shape index (κ3) is 5.29.